The summed E-state index contributed by atoms with van der Waals surface area (Å²) in [5.41, 5.74) is 1.14. The average Bonchev–Trinajstić information content (AvgIpc) is 2.52. The van der Waals surface area contributed by atoms with Gasteiger partial charge in [-0.3, -0.25) is 0 Å². The monoisotopic (exact) mass is 274 g/mol. The summed E-state index contributed by atoms with van der Waals surface area (Å²) in [6.07, 6.45) is 6.84. The summed E-state index contributed by atoms with van der Waals surface area (Å²) in [5.74, 6) is 0.931. The molecular formula is C17H26N2O. The van der Waals surface area contributed by atoms with Crippen molar-refractivity contribution in [1.29, 1.82) is 0 Å². The van der Waals surface area contributed by atoms with Crippen LogP contribution in [0.15, 0.2) is 30.3 Å². The molecule has 0 aliphatic carbocycles. The molecule has 20 heavy (non-hydrogen) atoms. The van der Waals surface area contributed by atoms with Gasteiger partial charge < -0.3 is 15.0 Å². The summed E-state index contributed by atoms with van der Waals surface area (Å²) in [7, 11) is 1.71. The molecule has 1 aliphatic heterocycles. The lowest BCUT2D eigenvalue weighted by Gasteiger charge is -2.31. The van der Waals surface area contributed by atoms with Gasteiger partial charge >= 0.3 is 0 Å². The second-order valence-electron chi connectivity index (χ2n) is 5.26. The number of hydrogen-bond donors (Lipinski definition) is 1. The van der Waals surface area contributed by atoms with Crippen LogP contribution in [-0.2, 0) is 0 Å². The Balaban J connectivity index is 1.74. The Morgan fingerprint density at radius 1 is 1.30 bits per heavy atom. The first kappa shape index (κ1) is 15.1. The van der Waals surface area contributed by atoms with Crippen molar-refractivity contribution in [3.8, 4) is 5.75 Å². The summed E-state index contributed by atoms with van der Waals surface area (Å²) < 4.78 is 5.34. The topological polar surface area (TPSA) is 24.5 Å². The zero-order valence-electron chi connectivity index (χ0n) is 12.6. The normalized spacial score (nSPS) is 17.7. The summed E-state index contributed by atoms with van der Waals surface area (Å²) in [4.78, 5) is 2.52. The van der Waals surface area contributed by atoms with E-state index >= 15 is 0 Å². The van der Waals surface area contributed by atoms with Crippen LogP contribution in [0.3, 0.4) is 0 Å². The third-order valence-electron chi connectivity index (χ3n) is 4.00. The molecule has 0 bridgehead atoms. The highest BCUT2D eigenvalue weighted by Crippen LogP contribution is 2.18. The van der Waals surface area contributed by atoms with E-state index in [4.69, 9.17) is 4.74 Å². The number of ether oxygens (including phenoxy) is 1. The van der Waals surface area contributed by atoms with Crippen molar-refractivity contribution in [2.75, 3.05) is 33.3 Å². The maximum atomic E-state index is 5.34. The van der Waals surface area contributed by atoms with Crippen molar-refractivity contribution < 1.29 is 4.74 Å². The first-order valence-electron chi connectivity index (χ1n) is 7.58. The second kappa shape index (κ2) is 8.08. The Morgan fingerprint density at radius 2 is 2.05 bits per heavy atom. The molecule has 3 heteroatoms. The maximum absolute atomic E-state index is 5.34. The fourth-order valence-electron chi connectivity index (χ4n) is 2.68. The minimum atomic E-state index is 0.667. The van der Waals surface area contributed by atoms with Crippen LogP contribution in [0.25, 0.3) is 6.08 Å². The van der Waals surface area contributed by atoms with Gasteiger partial charge in [0, 0.05) is 18.2 Å². The van der Waals surface area contributed by atoms with Crippen molar-refractivity contribution in [1.82, 2.24) is 10.2 Å². The lowest BCUT2D eigenvalue weighted by Crippen LogP contribution is -2.42. The van der Waals surface area contributed by atoms with Gasteiger partial charge in [0.2, 0.25) is 0 Å². The van der Waals surface area contributed by atoms with Crippen molar-refractivity contribution in [3.05, 3.63) is 35.9 Å². The highest BCUT2D eigenvalue weighted by Gasteiger charge is 2.16. The second-order valence-corrected chi connectivity index (χ2v) is 5.26. The Kier molecular flexibility index (Phi) is 6.09. The number of nitrogens with one attached hydrogen (secondary N) is 1. The number of piperidine rings is 1. The molecule has 0 saturated carbocycles. The van der Waals surface area contributed by atoms with E-state index in [0.29, 0.717) is 6.04 Å². The van der Waals surface area contributed by atoms with Crippen molar-refractivity contribution in [2.45, 2.75) is 25.8 Å². The molecule has 0 unspecified atom stereocenters. The molecule has 110 valence electrons. The van der Waals surface area contributed by atoms with Crippen molar-refractivity contribution in [3.63, 3.8) is 0 Å². The van der Waals surface area contributed by atoms with Gasteiger partial charge in [-0.05, 0) is 38.5 Å². The zero-order chi connectivity index (χ0) is 14.2. The molecular weight excluding hydrogens is 248 g/mol. The largest absolute Gasteiger partial charge is 0.496 e. The van der Waals surface area contributed by atoms with Crippen LogP contribution >= 0.6 is 0 Å². The number of benzene rings is 1. The van der Waals surface area contributed by atoms with E-state index < -0.39 is 0 Å². The molecule has 0 radical (unpaired) electrons. The van der Waals surface area contributed by atoms with Gasteiger partial charge in [0.05, 0.1) is 7.11 Å². The van der Waals surface area contributed by atoms with Crippen LogP contribution < -0.4 is 10.1 Å². The van der Waals surface area contributed by atoms with Gasteiger partial charge in [0.15, 0.2) is 0 Å². The van der Waals surface area contributed by atoms with Gasteiger partial charge in [-0.1, -0.05) is 37.3 Å². The number of para-hydroxylation sites is 1. The first-order chi connectivity index (χ1) is 9.83. The molecule has 1 N–H and O–H groups in total. The van der Waals surface area contributed by atoms with Crippen molar-refractivity contribution in [2.24, 2.45) is 0 Å². The Morgan fingerprint density at radius 3 is 2.75 bits per heavy atom. The van der Waals surface area contributed by atoms with E-state index in [1.54, 1.807) is 7.11 Å². The van der Waals surface area contributed by atoms with Crippen LogP contribution in [0, 0.1) is 0 Å². The van der Waals surface area contributed by atoms with Crippen LogP contribution in [0.5, 0.6) is 5.75 Å². The molecule has 0 aromatic heterocycles. The van der Waals surface area contributed by atoms with Crippen LogP contribution in [0.1, 0.15) is 25.3 Å². The van der Waals surface area contributed by atoms with Crippen molar-refractivity contribution >= 4 is 6.08 Å². The van der Waals surface area contributed by atoms with E-state index in [9.17, 15) is 0 Å². The number of nitrogens with zero attached hydrogens (tertiary/aromatic N) is 1. The van der Waals surface area contributed by atoms with Gasteiger partial charge in [0.25, 0.3) is 0 Å². The van der Waals surface area contributed by atoms with E-state index in [1.807, 2.05) is 18.2 Å². The standard InChI is InChI=1S/C17H26N2O/c1-3-19-13-10-16(11-14-19)18-12-6-8-15-7-4-5-9-17(15)20-2/h4-9,16,18H,3,10-14H2,1-2H3/b8-6-. The molecule has 2 rings (SSSR count). The average molecular weight is 274 g/mol. The minimum Gasteiger partial charge on any atom is -0.496 e. The molecule has 1 aromatic rings. The first-order valence-corrected chi connectivity index (χ1v) is 7.58. The SMILES string of the molecule is CCN1CCC(NC/C=C\c2ccccc2OC)CC1. The van der Waals surface area contributed by atoms with E-state index in [0.717, 1.165) is 17.9 Å². The van der Waals surface area contributed by atoms with E-state index in [1.165, 1.54) is 32.5 Å². The highest BCUT2D eigenvalue weighted by atomic mass is 16.5. The quantitative estimate of drug-likeness (QED) is 0.863. The fraction of sp³-hybridized carbons (Fsp3) is 0.529. The third-order valence-corrected chi connectivity index (χ3v) is 4.00. The Bertz CT molecular complexity index is 423. The molecule has 1 saturated heterocycles. The molecule has 1 fully saturated rings. The van der Waals surface area contributed by atoms with E-state index in [2.05, 4.69) is 35.4 Å². The third kappa shape index (κ3) is 4.36. The van der Waals surface area contributed by atoms with Gasteiger partial charge in [-0.15, -0.1) is 0 Å². The molecule has 0 atom stereocenters. The summed E-state index contributed by atoms with van der Waals surface area (Å²) in [5, 5.41) is 3.62. The zero-order valence-corrected chi connectivity index (χ0v) is 12.6. The minimum absolute atomic E-state index is 0.667. The number of likely N-dealkylation sites (tertiary alicyclic amines) is 1. The summed E-state index contributed by atoms with van der Waals surface area (Å²) >= 11 is 0. The maximum Gasteiger partial charge on any atom is 0.126 e. The van der Waals surface area contributed by atoms with Gasteiger partial charge in [-0.25, -0.2) is 0 Å². The molecule has 1 heterocycles. The summed E-state index contributed by atoms with van der Waals surface area (Å²) in [6, 6.07) is 8.77. The number of methoxy groups -OCH3 is 1. The number of hydrogen-bond acceptors (Lipinski definition) is 3. The Hall–Kier alpha value is -1.32. The van der Waals surface area contributed by atoms with Gasteiger partial charge in [0.1, 0.15) is 5.75 Å². The lowest BCUT2D eigenvalue weighted by atomic mass is 10.1. The van der Waals surface area contributed by atoms with Crippen LogP contribution in [0.2, 0.25) is 0 Å². The van der Waals surface area contributed by atoms with Crippen LogP contribution in [-0.4, -0.2) is 44.2 Å². The molecule has 1 aliphatic rings. The number of rotatable bonds is 6. The predicted molar refractivity (Wildman–Crippen MR) is 85.2 cm³/mol. The van der Waals surface area contributed by atoms with Gasteiger partial charge in [-0.2, -0.15) is 0 Å². The van der Waals surface area contributed by atoms with Crippen LogP contribution in [0.4, 0.5) is 0 Å². The fourth-order valence-corrected chi connectivity index (χ4v) is 2.68. The smallest absolute Gasteiger partial charge is 0.126 e. The summed E-state index contributed by atoms with van der Waals surface area (Å²) in [6.45, 7) is 6.80. The molecule has 3 nitrogen and oxygen atoms in total. The highest BCUT2D eigenvalue weighted by molar-refractivity contribution is 5.57. The van der Waals surface area contributed by atoms with E-state index in [-0.39, 0.29) is 0 Å². The Labute approximate surface area is 122 Å². The lowest BCUT2D eigenvalue weighted by molar-refractivity contribution is 0.209. The predicted octanol–water partition coefficient (Wildman–Crippen LogP) is 2.78. The molecule has 0 spiro atoms. The molecule has 0 amide bonds. The molecule has 1 aromatic carbocycles.